The fraction of sp³-hybridized carbons (Fsp3) is 0.529. The van der Waals surface area contributed by atoms with Crippen molar-refractivity contribution in [2.24, 2.45) is 0 Å². The maximum absolute atomic E-state index is 12.5. The number of para-hydroxylation sites is 1. The summed E-state index contributed by atoms with van der Waals surface area (Å²) in [6.45, 7) is 6.17. The lowest BCUT2D eigenvalue weighted by Gasteiger charge is -2.25. The summed E-state index contributed by atoms with van der Waals surface area (Å²) in [6, 6.07) is 7.83. The highest BCUT2D eigenvalue weighted by atomic mass is 32.2. The molecule has 0 spiro atoms. The van der Waals surface area contributed by atoms with Gasteiger partial charge in [-0.3, -0.25) is 9.59 Å². The Morgan fingerprint density at radius 2 is 2.09 bits per heavy atom. The molecule has 1 aliphatic rings. The van der Waals surface area contributed by atoms with E-state index in [1.165, 1.54) is 0 Å². The van der Waals surface area contributed by atoms with Gasteiger partial charge in [0.2, 0.25) is 11.8 Å². The third-order valence-corrected chi connectivity index (χ3v) is 5.06. The second-order valence-electron chi connectivity index (χ2n) is 5.88. The summed E-state index contributed by atoms with van der Waals surface area (Å²) in [7, 11) is 1.63. The number of benzene rings is 1. The van der Waals surface area contributed by atoms with E-state index in [9.17, 15) is 9.59 Å². The lowest BCUT2D eigenvalue weighted by Crippen LogP contribution is -2.36. The average molecular weight is 336 g/mol. The number of carbonyl (C=O) groups is 2. The Balaban J connectivity index is 2.14. The number of ether oxygens (including phenoxy) is 1. The Morgan fingerprint density at radius 3 is 2.74 bits per heavy atom. The molecular weight excluding hydrogens is 312 g/mol. The maximum atomic E-state index is 12.5. The van der Waals surface area contributed by atoms with E-state index >= 15 is 0 Å². The van der Waals surface area contributed by atoms with Gasteiger partial charge in [0, 0.05) is 24.6 Å². The number of hydrogen-bond donors (Lipinski definition) is 1. The van der Waals surface area contributed by atoms with E-state index in [-0.39, 0.29) is 28.5 Å². The molecule has 2 atom stereocenters. The third kappa shape index (κ3) is 4.19. The van der Waals surface area contributed by atoms with Gasteiger partial charge in [-0.15, -0.1) is 11.8 Å². The molecule has 1 aromatic carbocycles. The number of nitrogens with one attached hydrogen (secondary N) is 1. The van der Waals surface area contributed by atoms with Crippen molar-refractivity contribution in [1.82, 2.24) is 10.2 Å². The number of thioether (sulfide) groups is 1. The molecular formula is C17H24N2O3S. The number of methoxy groups -OCH3 is 1. The van der Waals surface area contributed by atoms with Crippen molar-refractivity contribution < 1.29 is 14.3 Å². The van der Waals surface area contributed by atoms with Gasteiger partial charge in [-0.1, -0.05) is 18.2 Å². The molecule has 23 heavy (non-hydrogen) atoms. The second kappa shape index (κ2) is 7.73. The standard InChI is InChI=1S/C17H24N2O3S/c1-11(2)18-15(20)9-10-19-16(21)12(3)23-17(19)13-7-5-6-8-14(13)22-4/h5-8,11-12,17H,9-10H2,1-4H3,(H,18,20)/t12-,17-/m0/s1. The van der Waals surface area contributed by atoms with Crippen molar-refractivity contribution >= 4 is 23.6 Å². The minimum atomic E-state index is -0.113. The fourth-order valence-electron chi connectivity index (χ4n) is 2.63. The predicted molar refractivity (Wildman–Crippen MR) is 92.4 cm³/mol. The van der Waals surface area contributed by atoms with E-state index in [4.69, 9.17) is 4.74 Å². The molecule has 2 rings (SSSR count). The summed E-state index contributed by atoms with van der Waals surface area (Å²) >= 11 is 1.59. The van der Waals surface area contributed by atoms with Crippen molar-refractivity contribution in [3.05, 3.63) is 29.8 Å². The molecule has 0 radical (unpaired) electrons. The van der Waals surface area contributed by atoms with Gasteiger partial charge >= 0.3 is 0 Å². The van der Waals surface area contributed by atoms with Crippen LogP contribution in [0.4, 0.5) is 0 Å². The summed E-state index contributed by atoms with van der Waals surface area (Å²) in [6.07, 6.45) is 0.308. The first kappa shape index (κ1) is 17.7. The van der Waals surface area contributed by atoms with Crippen LogP contribution in [0.3, 0.4) is 0 Å². The van der Waals surface area contributed by atoms with E-state index in [1.807, 2.05) is 45.0 Å². The lowest BCUT2D eigenvalue weighted by atomic mass is 10.1. The Morgan fingerprint density at radius 1 is 1.39 bits per heavy atom. The molecule has 1 N–H and O–H groups in total. The normalized spacial score (nSPS) is 20.9. The molecule has 1 saturated heterocycles. The summed E-state index contributed by atoms with van der Waals surface area (Å²) in [5.74, 6) is 0.808. The minimum Gasteiger partial charge on any atom is -0.496 e. The van der Waals surface area contributed by atoms with E-state index in [0.29, 0.717) is 13.0 Å². The molecule has 5 nitrogen and oxygen atoms in total. The fourth-order valence-corrected chi connectivity index (χ4v) is 3.97. The molecule has 0 aliphatic carbocycles. The Kier molecular flexibility index (Phi) is 5.93. The lowest BCUT2D eigenvalue weighted by molar-refractivity contribution is -0.130. The summed E-state index contributed by atoms with van der Waals surface area (Å²) < 4.78 is 5.42. The number of nitrogens with zero attached hydrogens (tertiary/aromatic N) is 1. The van der Waals surface area contributed by atoms with E-state index in [0.717, 1.165) is 11.3 Å². The van der Waals surface area contributed by atoms with E-state index in [2.05, 4.69) is 5.32 Å². The SMILES string of the molecule is COc1ccccc1[C@@H]1S[C@@H](C)C(=O)N1CCC(=O)NC(C)C. The van der Waals surface area contributed by atoms with Gasteiger partial charge in [-0.25, -0.2) is 0 Å². The van der Waals surface area contributed by atoms with Crippen LogP contribution in [0.5, 0.6) is 5.75 Å². The molecule has 0 bridgehead atoms. The van der Waals surface area contributed by atoms with Gasteiger partial charge < -0.3 is 15.0 Å². The number of carbonyl (C=O) groups excluding carboxylic acids is 2. The van der Waals surface area contributed by atoms with Crippen LogP contribution in [0, 0.1) is 0 Å². The van der Waals surface area contributed by atoms with Crippen LogP contribution in [0.2, 0.25) is 0 Å². The van der Waals surface area contributed by atoms with Gasteiger partial charge in [0.25, 0.3) is 0 Å². The molecule has 1 fully saturated rings. The largest absolute Gasteiger partial charge is 0.496 e. The monoisotopic (exact) mass is 336 g/mol. The molecule has 0 aromatic heterocycles. The first-order valence-electron chi connectivity index (χ1n) is 7.82. The zero-order chi connectivity index (χ0) is 17.0. The van der Waals surface area contributed by atoms with Gasteiger partial charge in [0.1, 0.15) is 11.1 Å². The molecule has 0 saturated carbocycles. The van der Waals surface area contributed by atoms with Crippen LogP contribution in [0.1, 0.15) is 38.1 Å². The van der Waals surface area contributed by atoms with Crippen molar-refractivity contribution in [2.45, 2.75) is 43.9 Å². The Labute approximate surface area is 141 Å². The average Bonchev–Trinajstić information content (AvgIpc) is 2.79. The first-order chi connectivity index (χ1) is 10.9. The van der Waals surface area contributed by atoms with Gasteiger partial charge in [-0.2, -0.15) is 0 Å². The van der Waals surface area contributed by atoms with Crippen molar-refractivity contribution in [2.75, 3.05) is 13.7 Å². The predicted octanol–water partition coefficient (Wildman–Crippen LogP) is 2.57. The van der Waals surface area contributed by atoms with Crippen molar-refractivity contribution in [1.29, 1.82) is 0 Å². The highest BCUT2D eigenvalue weighted by Crippen LogP contribution is 2.45. The van der Waals surface area contributed by atoms with Crippen molar-refractivity contribution in [3.8, 4) is 5.75 Å². The number of rotatable bonds is 6. The van der Waals surface area contributed by atoms with Crippen LogP contribution in [-0.4, -0.2) is 41.7 Å². The maximum Gasteiger partial charge on any atom is 0.236 e. The molecule has 1 aromatic rings. The van der Waals surface area contributed by atoms with E-state index in [1.54, 1.807) is 23.8 Å². The smallest absolute Gasteiger partial charge is 0.236 e. The number of amides is 2. The Hall–Kier alpha value is -1.69. The Bertz CT molecular complexity index is 577. The topological polar surface area (TPSA) is 58.6 Å². The van der Waals surface area contributed by atoms with Gasteiger partial charge in [-0.05, 0) is 26.8 Å². The molecule has 126 valence electrons. The summed E-state index contributed by atoms with van der Waals surface area (Å²) in [5.41, 5.74) is 0.974. The second-order valence-corrected chi connectivity index (χ2v) is 7.30. The van der Waals surface area contributed by atoms with Crippen LogP contribution >= 0.6 is 11.8 Å². The molecule has 6 heteroatoms. The highest BCUT2D eigenvalue weighted by Gasteiger charge is 2.39. The summed E-state index contributed by atoms with van der Waals surface area (Å²) in [5, 5.41) is 2.64. The molecule has 1 heterocycles. The molecule has 2 amide bonds. The van der Waals surface area contributed by atoms with Crippen LogP contribution in [0.15, 0.2) is 24.3 Å². The quantitative estimate of drug-likeness (QED) is 0.867. The van der Waals surface area contributed by atoms with Crippen LogP contribution in [-0.2, 0) is 9.59 Å². The van der Waals surface area contributed by atoms with Crippen LogP contribution in [0.25, 0.3) is 0 Å². The summed E-state index contributed by atoms with van der Waals surface area (Å²) in [4.78, 5) is 26.1. The zero-order valence-electron chi connectivity index (χ0n) is 14.0. The van der Waals surface area contributed by atoms with Crippen molar-refractivity contribution in [3.63, 3.8) is 0 Å². The van der Waals surface area contributed by atoms with E-state index < -0.39 is 0 Å². The molecule has 1 aliphatic heterocycles. The first-order valence-corrected chi connectivity index (χ1v) is 8.76. The van der Waals surface area contributed by atoms with Gasteiger partial charge in [0.15, 0.2) is 0 Å². The number of hydrogen-bond acceptors (Lipinski definition) is 4. The van der Waals surface area contributed by atoms with Crippen LogP contribution < -0.4 is 10.1 Å². The third-order valence-electron chi connectivity index (χ3n) is 3.68. The molecule has 0 unspecified atom stereocenters. The zero-order valence-corrected chi connectivity index (χ0v) is 14.9. The van der Waals surface area contributed by atoms with Gasteiger partial charge in [0.05, 0.1) is 12.4 Å². The highest BCUT2D eigenvalue weighted by molar-refractivity contribution is 8.01. The minimum absolute atomic E-state index is 0.0314.